The van der Waals surface area contributed by atoms with E-state index >= 15 is 0 Å². The number of hydrogen-bond acceptors (Lipinski definition) is 4. The van der Waals surface area contributed by atoms with Crippen LogP contribution in [0.25, 0.3) is 0 Å². The average molecular weight is 251 g/mol. The summed E-state index contributed by atoms with van der Waals surface area (Å²) in [5, 5.41) is 4.34. The zero-order valence-corrected chi connectivity index (χ0v) is 11.9. The van der Waals surface area contributed by atoms with E-state index in [4.69, 9.17) is 5.73 Å². The Bertz CT molecular complexity index is 400. The van der Waals surface area contributed by atoms with Gasteiger partial charge in [-0.1, -0.05) is 0 Å². The largest absolute Gasteiger partial charge is 0.329 e. The number of aryl methyl sites for hydroxylation is 1. The van der Waals surface area contributed by atoms with Crippen LogP contribution in [0.1, 0.15) is 24.2 Å². The zero-order valence-electron chi connectivity index (χ0n) is 11.9. The second-order valence-corrected chi connectivity index (χ2v) is 5.41. The molecule has 0 amide bonds. The predicted molar refractivity (Wildman–Crippen MR) is 73.4 cm³/mol. The topological polar surface area (TPSA) is 50.3 Å². The fourth-order valence-electron chi connectivity index (χ4n) is 2.90. The van der Waals surface area contributed by atoms with Gasteiger partial charge in [0.25, 0.3) is 0 Å². The molecule has 102 valence electrons. The minimum absolute atomic E-state index is 0.294. The lowest BCUT2D eigenvalue weighted by Crippen LogP contribution is -2.52. The van der Waals surface area contributed by atoms with E-state index in [1.54, 1.807) is 0 Å². The lowest BCUT2D eigenvalue weighted by Gasteiger charge is -2.42. The third-order valence-electron chi connectivity index (χ3n) is 4.14. The second-order valence-electron chi connectivity index (χ2n) is 5.41. The van der Waals surface area contributed by atoms with Crippen LogP contribution in [0.15, 0.2) is 6.20 Å². The molecule has 2 heterocycles. The van der Waals surface area contributed by atoms with Crippen LogP contribution < -0.4 is 5.73 Å². The molecule has 5 heteroatoms. The normalized spacial score (nSPS) is 24.4. The highest BCUT2D eigenvalue weighted by Crippen LogP contribution is 2.26. The minimum atomic E-state index is 0.294. The Hall–Kier alpha value is -0.910. The highest BCUT2D eigenvalue weighted by atomic mass is 15.3. The molecule has 2 unspecified atom stereocenters. The molecule has 18 heavy (non-hydrogen) atoms. The smallest absolute Gasteiger partial charge is 0.0540 e. The van der Waals surface area contributed by atoms with E-state index in [1.807, 2.05) is 17.9 Å². The standard InChI is InChI=1S/C13H25N5/c1-10-9-16(3)5-6-18(10)13(7-14)12-8-15-17(4)11(12)2/h8,10,13H,5-7,9,14H2,1-4H3. The second kappa shape index (κ2) is 5.38. The Kier molecular flexibility index (Phi) is 4.04. The van der Waals surface area contributed by atoms with Crippen LogP contribution in [0.2, 0.25) is 0 Å². The van der Waals surface area contributed by atoms with Gasteiger partial charge in [0.2, 0.25) is 0 Å². The first kappa shape index (κ1) is 13.5. The van der Waals surface area contributed by atoms with Crippen molar-refractivity contribution in [1.29, 1.82) is 0 Å². The molecule has 2 atom stereocenters. The number of nitrogens with zero attached hydrogens (tertiary/aromatic N) is 4. The first-order chi connectivity index (χ1) is 8.54. The molecule has 1 aliphatic heterocycles. The summed E-state index contributed by atoms with van der Waals surface area (Å²) in [6.07, 6.45) is 1.97. The van der Waals surface area contributed by atoms with Gasteiger partial charge in [0.1, 0.15) is 0 Å². The average Bonchev–Trinajstić information content (AvgIpc) is 2.65. The summed E-state index contributed by atoms with van der Waals surface area (Å²) < 4.78 is 1.93. The Balaban J connectivity index is 2.21. The highest BCUT2D eigenvalue weighted by molar-refractivity contribution is 5.21. The third-order valence-corrected chi connectivity index (χ3v) is 4.14. The summed E-state index contributed by atoms with van der Waals surface area (Å²) in [7, 11) is 4.17. The highest BCUT2D eigenvalue weighted by Gasteiger charge is 2.29. The van der Waals surface area contributed by atoms with Crippen molar-refractivity contribution in [2.75, 3.05) is 33.2 Å². The van der Waals surface area contributed by atoms with Crippen molar-refractivity contribution in [3.05, 3.63) is 17.5 Å². The van der Waals surface area contributed by atoms with Crippen molar-refractivity contribution < 1.29 is 0 Å². The van der Waals surface area contributed by atoms with Gasteiger partial charge in [-0.2, -0.15) is 5.10 Å². The molecule has 1 fully saturated rings. The van der Waals surface area contributed by atoms with Gasteiger partial charge >= 0.3 is 0 Å². The van der Waals surface area contributed by atoms with E-state index in [9.17, 15) is 0 Å². The van der Waals surface area contributed by atoms with Crippen molar-refractivity contribution >= 4 is 0 Å². The molecule has 0 spiro atoms. The maximum atomic E-state index is 6.02. The molecule has 0 saturated carbocycles. The SMILES string of the molecule is Cc1c(C(CN)N2CCN(C)CC2C)cnn1C. The maximum absolute atomic E-state index is 6.02. The van der Waals surface area contributed by atoms with Gasteiger partial charge in [0.05, 0.1) is 12.2 Å². The monoisotopic (exact) mass is 251 g/mol. The number of piperazine rings is 1. The molecule has 0 radical (unpaired) electrons. The van der Waals surface area contributed by atoms with Crippen LogP contribution >= 0.6 is 0 Å². The van der Waals surface area contributed by atoms with Gasteiger partial charge in [-0.05, 0) is 20.9 Å². The fraction of sp³-hybridized carbons (Fsp3) is 0.769. The van der Waals surface area contributed by atoms with Gasteiger partial charge in [0.15, 0.2) is 0 Å². The third kappa shape index (κ3) is 2.43. The summed E-state index contributed by atoms with van der Waals surface area (Å²) >= 11 is 0. The summed E-state index contributed by atoms with van der Waals surface area (Å²) in [5.74, 6) is 0. The van der Waals surface area contributed by atoms with Gasteiger partial charge < -0.3 is 10.6 Å². The number of rotatable bonds is 3. The predicted octanol–water partition coefficient (Wildman–Crippen LogP) is 0.364. The van der Waals surface area contributed by atoms with Crippen LogP contribution in [-0.4, -0.2) is 58.8 Å². The quantitative estimate of drug-likeness (QED) is 0.843. The van der Waals surface area contributed by atoms with Crippen LogP contribution in [-0.2, 0) is 7.05 Å². The molecular formula is C13H25N5. The summed E-state index contributed by atoms with van der Waals surface area (Å²) in [6.45, 7) is 8.35. The fourth-order valence-corrected chi connectivity index (χ4v) is 2.90. The number of aromatic nitrogens is 2. The summed E-state index contributed by atoms with van der Waals surface area (Å²) in [4.78, 5) is 4.90. The van der Waals surface area contributed by atoms with Gasteiger partial charge in [-0.25, -0.2) is 0 Å². The summed E-state index contributed by atoms with van der Waals surface area (Å²) in [5.41, 5.74) is 8.51. The number of hydrogen-bond donors (Lipinski definition) is 1. The Morgan fingerprint density at radius 2 is 2.17 bits per heavy atom. The summed E-state index contributed by atoms with van der Waals surface area (Å²) in [6, 6.07) is 0.833. The lowest BCUT2D eigenvalue weighted by molar-refractivity contribution is 0.0633. The van der Waals surface area contributed by atoms with Crippen LogP contribution in [0, 0.1) is 6.92 Å². The van der Waals surface area contributed by atoms with Gasteiger partial charge in [0, 0.05) is 50.5 Å². The number of nitrogens with two attached hydrogens (primary N) is 1. The van der Waals surface area contributed by atoms with Crippen LogP contribution in [0.4, 0.5) is 0 Å². The van der Waals surface area contributed by atoms with Crippen molar-refractivity contribution in [3.63, 3.8) is 0 Å². The molecule has 2 rings (SSSR count). The Labute approximate surface area is 110 Å². The molecule has 0 aliphatic carbocycles. The number of likely N-dealkylation sites (N-methyl/N-ethyl adjacent to an activating group) is 1. The van der Waals surface area contributed by atoms with Crippen molar-refractivity contribution in [3.8, 4) is 0 Å². The van der Waals surface area contributed by atoms with Crippen LogP contribution in [0.3, 0.4) is 0 Å². The first-order valence-corrected chi connectivity index (χ1v) is 6.67. The molecule has 1 aliphatic rings. The van der Waals surface area contributed by atoms with Crippen molar-refractivity contribution in [2.45, 2.75) is 25.9 Å². The van der Waals surface area contributed by atoms with E-state index in [2.05, 4.69) is 35.8 Å². The molecule has 0 aromatic carbocycles. The molecule has 1 aromatic rings. The minimum Gasteiger partial charge on any atom is -0.329 e. The molecule has 5 nitrogen and oxygen atoms in total. The molecule has 1 aromatic heterocycles. The Morgan fingerprint density at radius 1 is 1.44 bits per heavy atom. The van der Waals surface area contributed by atoms with E-state index in [0.717, 1.165) is 19.6 Å². The molecule has 0 bridgehead atoms. The van der Waals surface area contributed by atoms with Crippen molar-refractivity contribution in [1.82, 2.24) is 19.6 Å². The van der Waals surface area contributed by atoms with E-state index < -0.39 is 0 Å². The van der Waals surface area contributed by atoms with Gasteiger partial charge in [-0.3, -0.25) is 9.58 Å². The van der Waals surface area contributed by atoms with Gasteiger partial charge in [-0.15, -0.1) is 0 Å². The lowest BCUT2D eigenvalue weighted by atomic mass is 10.0. The van der Waals surface area contributed by atoms with E-state index in [1.165, 1.54) is 11.3 Å². The van der Waals surface area contributed by atoms with E-state index in [0.29, 0.717) is 18.6 Å². The molecular weight excluding hydrogens is 226 g/mol. The first-order valence-electron chi connectivity index (χ1n) is 6.67. The zero-order chi connectivity index (χ0) is 13.3. The molecule has 2 N–H and O–H groups in total. The Morgan fingerprint density at radius 3 is 2.67 bits per heavy atom. The van der Waals surface area contributed by atoms with Crippen LogP contribution in [0.5, 0.6) is 0 Å². The molecule has 1 saturated heterocycles. The van der Waals surface area contributed by atoms with Crippen molar-refractivity contribution in [2.24, 2.45) is 12.8 Å². The van der Waals surface area contributed by atoms with E-state index in [-0.39, 0.29) is 0 Å². The maximum Gasteiger partial charge on any atom is 0.0540 e.